The highest BCUT2D eigenvalue weighted by atomic mass is 35.5. The van der Waals surface area contributed by atoms with E-state index in [1.807, 2.05) is 26.2 Å². The summed E-state index contributed by atoms with van der Waals surface area (Å²) in [6.07, 6.45) is 0. The van der Waals surface area contributed by atoms with Crippen LogP contribution in [0.25, 0.3) is 10.9 Å². The number of fused-ring (bicyclic) bond motifs is 1. The van der Waals surface area contributed by atoms with E-state index in [1.54, 1.807) is 0 Å². The van der Waals surface area contributed by atoms with Crippen LogP contribution in [-0.2, 0) is 13.6 Å². The fourth-order valence-corrected chi connectivity index (χ4v) is 2.23. The van der Waals surface area contributed by atoms with Crippen LogP contribution in [0.2, 0.25) is 10.0 Å². The molecule has 80 valence electrons. The number of aromatic nitrogens is 1. The van der Waals surface area contributed by atoms with E-state index in [9.17, 15) is 0 Å². The monoisotopic (exact) mass is 242 g/mol. The van der Waals surface area contributed by atoms with Gasteiger partial charge in [-0.2, -0.15) is 0 Å². The molecule has 0 fully saturated rings. The van der Waals surface area contributed by atoms with Crippen molar-refractivity contribution in [2.45, 2.75) is 6.54 Å². The highest BCUT2D eigenvalue weighted by molar-refractivity contribution is 6.45. The van der Waals surface area contributed by atoms with Crippen molar-refractivity contribution in [2.24, 2.45) is 7.05 Å². The number of hydrogen-bond donors (Lipinski definition) is 1. The molecule has 0 unspecified atom stereocenters. The van der Waals surface area contributed by atoms with E-state index < -0.39 is 0 Å². The van der Waals surface area contributed by atoms with Crippen LogP contribution in [0.5, 0.6) is 0 Å². The largest absolute Gasteiger partial charge is 0.345 e. The SMILES string of the molecule is CNCc1cc2ccc(Cl)c(Cl)c2n1C. The van der Waals surface area contributed by atoms with Crippen LogP contribution in [0.1, 0.15) is 5.69 Å². The second-order valence-corrected chi connectivity index (χ2v) is 4.31. The van der Waals surface area contributed by atoms with Crippen LogP contribution in [0.4, 0.5) is 0 Å². The molecule has 15 heavy (non-hydrogen) atoms. The molecule has 4 heteroatoms. The van der Waals surface area contributed by atoms with E-state index >= 15 is 0 Å². The maximum Gasteiger partial charge on any atom is 0.0835 e. The molecule has 2 rings (SSSR count). The van der Waals surface area contributed by atoms with Crippen LogP contribution in [0, 0.1) is 0 Å². The molecule has 0 saturated heterocycles. The maximum absolute atomic E-state index is 6.17. The summed E-state index contributed by atoms with van der Waals surface area (Å²) >= 11 is 12.2. The van der Waals surface area contributed by atoms with Crippen molar-refractivity contribution in [3.8, 4) is 0 Å². The quantitative estimate of drug-likeness (QED) is 0.856. The normalized spacial score (nSPS) is 11.2. The molecule has 0 aliphatic carbocycles. The number of nitrogens with one attached hydrogen (secondary N) is 1. The first-order valence-electron chi connectivity index (χ1n) is 4.72. The lowest BCUT2D eigenvalue weighted by molar-refractivity contribution is 0.745. The van der Waals surface area contributed by atoms with Crippen LogP contribution < -0.4 is 5.32 Å². The molecule has 2 nitrogen and oxygen atoms in total. The first-order chi connectivity index (χ1) is 7.15. The van der Waals surface area contributed by atoms with Gasteiger partial charge in [0.25, 0.3) is 0 Å². The van der Waals surface area contributed by atoms with Gasteiger partial charge < -0.3 is 9.88 Å². The van der Waals surface area contributed by atoms with Gasteiger partial charge in [0.15, 0.2) is 0 Å². The zero-order valence-electron chi connectivity index (χ0n) is 8.64. The number of rotatable bonds is 2. The van der Waals surface area contributed by atoms with Crippen LogP contribution in [-0.4, -0.2) is 11.6 Å². The van der Waals surface area contributed by atoms with E-state index in [0.29, 0.717) is 10.0 Å². The van der Waals surface area contributed by atoms with Gasteiger partial charge in [0, 0.05) is 24.7 Å². The molecule has 1 N–H and O–H groups in total. The zero-order chi connectivity index (χ0) is 11.0. The van der Waals surface area contributed by atoms with E-state index in [4.69, 9.17) is 23.2 Å². The van der Waals surface area contributed by atoms with Gasteiger partial charge in [0.05, 0.1) is 15.6 Å². The molecule has 1 heterocycles. The Morgan fingerprint density at radius 2 is 2.07 bits per heavy atom. The number of halogens is 2. The van der Waals surface area contributed by atoms with Gasteiger partial charge in [-0.25, -0.2) is 0 Å². The summed E-state index contributed by atoms with van der Waals surface area (Å²) in [6, 6.07) is 5.94. The summed E-state index contributed by atoms with van der Waals surface area (Å²) in [4.78, 5) is 0. The van der Waals surface area contributed by atoms with E-state index in [0.717, 1.165) is 17.4 Å². The van der Waals surface area contributed by atoms with E-state index in [2.05, 4.69) is 16.0 Å². The predicted octanol–water partition coefficient (Wildman–Crippen LogP) is 3.20. The summed E-state index contributed by atoms with van der Waals surface area (Å²) < 4.78 is 2.07. The van der Waals surface area contributed by atoms with Gasteiger partial charge in [0.1, 0.15) is 0 Å². The zero-order valence-corrected chi connectivity index (χ0v) is 10.2. The average Bonchev–Trinajstić information content (AvgIpc) is 2.52. The lowest BCUT2D eigenvalue weighted by Gasteiger charge is -2.04. The molecule has 0 atom stereocenters. The van der Waals surface area contributed by atoms with Crippen molar-refractivity contribution in [2.75, 3.05) is 7.05 Å². The number of hydrogen-bond acceptors (Lipinski definition) is 1. The molecule has 2 aromatic rings. The third-order valence-corrected chi connectivity index (χ3v) is 3.34. The van der Waals surface area contributed by atoms with Crippen molar-refractivity contribution < 1.29 is 0 Å². The third kappa shape index (κ3) is 1.73. The van der Waals surface area contributed by atoms with E-state index in [-0.39, 0.29) is 0 Å². The van der Waals surface area contributed by atoms with Crippen LogP contribution in [0.3, 0.4) is 0 Å². The first kappa shape index (κ1) is 10.8. The Morgan fingerprint density at radius 1 is 1.33 bits per heavy atom. The molecule has 0 aliphatic rings. The molecule has 0 spiro atoms. The summed E-state index contributed by atoms with van der Waals surface area (Å²) in [7, 11) is 3.92. The van der Waals surface area contributed by atoms with Crippen LogP contribution >= 0.6 is 23.2 Å². The van der Waals surface area contributed by atoms with Crippen LogP contribution in [0.15, 0.2) is 18.2 Å². The van der Waals surface area contributed by atoms with Crippen molar-refractivity contribution in [1.82, 2.24) is 9.88 Å². The molecule has 1 aromatic carbocycles. The molecule has 0 saturated carbocycles. The lowest BCUT2D eigenvalue weighted by atomic mass is 10.2. The Labute approximate surface area is 98.8 Å². The fraction of sp³-hybridized carbons (Fsp3) is 0.273. The van der Waals surface area contributed by atoms with Gasteiger partial charge in [-0.3, -0.25) is 0 Å². The summed E-state index contributed by atoms with van der Waals surface area (Å²) in [6.45, 7) is 0.819. The Morgan fingerprint density at radius 3 is 2.73 bits per heavy atom. The molecule has 1 aromatic heterocycles. The molecule has 0 aliphatic heterocycles. The Bertz CT molecular complexity index is 503. The van der Waals surface area contributed by atoms with Gasteiger partial charge >= 0.3 is 0 Å². The topological polar surface area (TPSA) is 17.0 Å². The number of aryl methyl sites for hydroxylation is 1. The molecule has 0 bridgehead atoms. The molecule has 0 radical (unpaired) electrons. The standard InChI is InChI=1S/C11H12Cl2N2/c1-14-6-8-5-7-3-4-9(12)10(13)11(7)15(8)2/h3-5,14H,6H2,1-2H3. The summed E-state index contributed by atoms with van der Waals surface area (Å²) in [5.41, 5.74) is 2.19. The fourth-order valence-electron chi connectivity index (χ4n) is 1.78. The molecule has 0 amide bonds. The van der Waals surface area contributed by atoms with Crippen molar-refractivity contribution >= 4 is 34.1 Å². The third-order valence-electron chi connectivity index (χ3n) is 2.55. The summed E-state index contributed by atoms with van der Waals surface area (Å²) in [5, 5.41) is 5.47. The van der Waals surface area contributed by atoms with Gasteiger partial charge in [-0.05, 0) is 19.2 Å². The van der Waals surface area contributed by atoms with Crippen molar-refractivity contribution in [1.29, 1.82) is 0 Å². The summed E-state index contributed by atoms with van der Waals surface area (Å²) in [5.74, 6) is 0. The minimum atomic E-state index is 0.598. The molecular weight excluding hydrogens is 231 g/mol. The first-order valence-corrected chi connectivity index (χ1v) is 5.47. The Hall–Kier alpha value is -0.700. The highest BCUT2D eigenvalue weighted by Crippen LogP contribution is 2.32. The Balaban J connectivity index is 2.72. The number of nitrogens with zero attached hydrogens (tertiary/aromatic N) is 1. The average molecular weight is 243 g/mol. The van der Waals surface area contributed by atoms with Crippen molar-refractivity contribution in [3.05, 3.63) is 33.9 Å². The van der Waals surface area contributed by atoms with Gasteiger partial charge in [0.2, 0.25) is 0 Å². The lowest BCUT2D eigenvalue weighted by Crippen LogP contribution is -2.08. The minimum absolute atomic E-state index is 0.598. The van der Waals surface area contributed by atoms with E-state index in [1.165, 1.54) is 5.69 Å². The predicted molar refractivity (Wildman–Crippen MR) is 65.7 cm³/mol. The minimum Gasteiger partial charge on any atom is -0.345 e. The highest BCUT2D eigenvalue weighted by Gasteiger charge is 2.10. The second-order valence-electron chi connectivity index (χ2n) is 3.52. The molecular formula is C11H12Cl2N2. The van der Waals surface area contributed by atoms with Crippen molar-refractivity contribution in [3.63, 3.8) is 0 Å². The number of benzene rings is 1. The second kappa shape index (κ2) is 4.05. The Kier molecular flexibility index (Phi) is 2.91. The maximum atomic E-state index is 6.17. The van der Waals surface area contributed by atoms with Gasteiger partial charge in [-0.15, -0.1) is 0 Å². The van der Waals surface area contributed by atoms with Gasteiger partial charge in [-0.1, -0.05) is 29.3 Å². The smallest absolute Gasteiger partial charge is 0.0835 e.